The molecule has 0 aliphatic rings. The van der Waals surface area contributed by atoms with Crippen LogP contribution in [0.1, 0.15) is 15.9 Å². The van der Waals surface area contributed by atoms with Crippen LogP contribution < -0.4 is 14.3 Å². The number of hydrogen-bond donors (Lipinski definition) is 2. The van der Waals surface area contributed by atoms with E-state index in [1.807, 2.05) is 6.92 Å². The second-order valence-corrected chi connectivity index (χ2v) is 11.8. The summed E-state index contributed by atoms with van der Waals surface area (Å²) in [6.45, 7) is 1.88. The van der Waals surface area contributed by atoms with Gasteiger partial charge in [0, 0.05) is 24.5 Å². The van der Waals surface area contributed by atoms with Crippen molar-refractivity contribution in [2.75, 3.05) is 21.4 Å². The second kappa shape index (κ2) is 10.4. The molecule has 0 radical (unpaired) electrons. The number of rotatable bonds is 8. The van der Waals surface area contributed by atoms with Crippen LogP contribution in [0.25, 0.3) is 0 Å². The Balaban J connectivity index is 1.43. The summed E-state index contributed by atoms with van der Waals surface area (Å²) in [5.74, 6) is -0.238. The summed E-state index contributed by atoms with van der Waals surface area (Å²) in [6, 6.07) is 23.2. The summed E-state index contributed by atoms with van der Waals surface area (Å²) in [4.78, 5) is 16.8. The molecule has 4 aromatic rings. The molecule has 4 rings (SSSR count). The molecule has 0 spiro atoms. The van der Waals surface area contributed by atoms with Crippen molar-refractivity contribution < 1.29 is 21.6 Å². The maximum absolute atomic E-state index is 12.9. The van der Waals surface area contributed by atoms with Gasteiger partial charge < -0.3 is 5.32 Å². The Hall–Kier alpha value is -4.22. The van der Waals surface area contributed by atoms with Crippen LogP contribution in [-0.4, -0.2) is 34.8 Å². The van der Waals surface area contributed by atoms with Gasteiger partial charge in [-0.3, -0.25) is 13.8 Å². The van der Waals surface area contributed by atoms with E-state index in [-0.39, 0.29) is 15.6 Å². The molecule has 1 heterocycles. The Kier molecular flexibility index (Phi) is 7.28. The van der Waals surface area contributed by atoms with Crippen LogP contribution in [0.2, 0.25) is 0 Å². The number of aromatic nitrogens is 1. The molecule has 190 valence electrons. The number of amides is 1. The lowest BCUT2D eigenvalue weighted by atomic mass is 10.2. The molecule has 0 aliphatic carbocycles. The zero-order valence-electron chi connectivity index (χ0n) is 20.0. The second-order valence-electron chi connectivity index (χ2n) is 8.13. The quantitative estimate of drug-likeness (QED) is 0.346. The van der Waals surface area contributed by atoms with Gasteiger partial charge in [0.15, 0.2) is 0 Å². The lowest BCUT2D eigenvalue weighted by molar-refractivity contribution is 0.102. The van der Waals surface area contributed by atoms with Crippen LogP contribution >= 0.6 is 0 Å². The average Bonchev–Trinajstić information content (AvgIpc) is 2.89. The van der Waals surface area contributed by atoms with Crippen LogP contribution in [-0.2, 0) is 20.0 Å². The Labute approximate surface area is 215 Å². The van der Waals surface area contributed by atoms with E-state index in [2.05, 4.69) is 15.0 Å². The first-order valence-electron chi connectivity index (χ1n) is 11.1. The smallest absolute Gasteiger partial charge is 0.264 e. The van der Waals surface area contributed by atoms with Gasteiger partial charge in [-0.1, -0.05) is 23.8 Å². The van der Waals surface area contributed by atoms with Gasteiger partial charge in [0.05, 0.1) is 15.5 Å². The third-order valence-corrected chi connectivity index (χ3v) is 8.67. The van der Waals surface area contributed by atoms with Crippen molar-refractivity contribution in [1.82, 2.24) is 4.98 Å². The van der Waals surface area contributed by atoms with Crippen molar-refractivity contribution in [3.63, 3.8) is 0 Å². The molecule has 0 aliphatic heterocycles. The Bertz CT molecular complexity index is 1610. The van der Waals surface area contributed by atoms with E-state index in [1.54, 1.807) is 48.5 Å². The van der Waals surface area contributed by atoms with Crippen molar-refractivity contribution in [3.05, 3.63) is 108 Å². The normalized spacial score (nSPS) is 11.5. The summed E-state index contributed by atoms with van der Waals surface area (Å²) in [6.07, 6.45) is 1.48. The highest BCUT2D eigenvalue weighted by Gasteiger charge is 2.21. The monoisotopic (exact) mass is 536 g/mol. The fraction of sp³-hybridized carbons (Fsp3) is 0.0769. The molecule has 1 aromatic heterocycles. The molecule has 37 heavy (non-hydrogen) atoms. The van der Waals surface area contributed by atoms with Gasteiger partial charge >= 0.3 is 0 Å². The SMILES string of the molecule is Cc1ccc(S(=O)(=O)N(C)c2ccc(C(=O)Nc3ccc(S(=O)(=O)Nc4ccccn4)cc3)cc2)cc1. The zero-order valence-corrected chi connectivity index (χ0v) is 21.6. The average molecular weight is 537 g/mol. The summed E-state index contributed by atoms with van der Waals surface area (Å²) in [7, 11) is -6.14. The number of nitrogens with zero attached hydrogens (tertiary/aromatic N) is 2. The number of sulfonamides is 2. The van der Waals surface area contributed by atoms with Gasteiger partial charge in [-0.2, -0.15) is 0 Å². The Morgan fingerprint density at radius 2 is 1.41 bits per heavy atom. The minimum Gasteiger partial charge on any atom is -0.322 e. The largest absolute Gasteiger partial charge is 0.322 e. The number of aryl methyl sites for hydroxylation is 1. The van der Waals surface area contributed by atoms with E-state index in [4.69, 9.17) is 0 Å². The van der Waals surface area contributed by atoms with Crippen LogP contribution in [0.5, 0.6) is 0 Å². The van der Waals surface area contributed by atoms with E-state index < -0.39 is 26.0 Å². The van der Waals surface area contributed by atoms with Gasteiger partial charge in [-0.15, -0.1) is 0 Å². The van der Waals surface area contributed by atoms with Crippen LogP contribution in [0, 0.1) is 6.92 Å². The molecular weight excluding hydrogens is 512 g/mol. The molecule has 0 saturated heterocycles. The minimum atomic E-state index is -3.84. The summed E-state index contributed by atoms with van der Waals surface area (Å²) < 4.78 is 54.4. The number of carbonyl (C=O) groups is 1. The number of benzene rings is 3. The Morgan fingerprint density at radius 1 is 0.784 bits per heavy atom. The third-order valence-electron chi connectivity index (χ3n) is 5.50. The first-order chi connectivity index (χ1) is 17.6. The van der Waals surface area contributed by atoms with Crippen molar-refractivity contribution in [2.24, 2.45) is 0 Å². The predicted octanol–water partition coefficient (Wildman–Crippen LogP) is 4.27. The first-order valence-corrected chi connectivity index (χ1v) is 14.0. The summed E-state index contributed by atoms with van der Waals surface area (Å²) >= 11 is 0. The number of nitrogens with one attached hydrogen (secondary N) is 2. The number of anilines is 3. The molecule has 0 saturated carbocycles. The molecular formula is C26H24N4O5S2. The Morgan fingerprint density at radius 3 is 2.00 bits per heavy atom. The summed E-state index contributed by atoms with van der Waals surface area (Å²) in [5.41, 5.74) is 2.05. The molecule has 0 unspecified atom stereocenters. The molecule has 3 aromatic carbocycles. The van der Waals surface area contributed by atoms with Gasteiger partial charge in [0.2, 0.25) is 0 Å². The zero-order chi connectivity index (χ0) is 26.6. The highest BCUT2D eigenvalue weighted by molar-refractivity contribution is 7.93. The van der Waals surface area contributed by atoms with Crippen LogP contribution in [0.4, 0.5) is 17.2 Å². The van der Waals surface area contributed by atoms with Gasteiger partial charge in [-0.05, 0) is 79.7 Å². The van der Waals surface area contributed by atoms with E-state index >= 15 is 0 Å². The van der Waals surface area contributed by atoms with Crippen molar-refractivity contribution in [1.29, 1.82) is 0 Å². The van der Waals surface area contributed by atoms with Crippen LogP contribution in [0.3, 0.4) is 0 Å². The highest BCUT2D eigenvalue weighted by atomic mass is 32.2. The molecule has 2 N–H and O–H groups in total. The number of hydrogen-bond acceptors (Lipinski definition) is 6. The van der Waals surface area contributed by atoms with E-state index in [1.165, 1.54) is 55.7 Å². The fourth-order valence-corrected chi connectivity index (χ4v) is 5.57. The van der Waals surface area contributed by atoms with Crippen molar-refractivity contribution >= 4 is 43.1 Å². The number of pyridine rings is 1. The van der Waals surface area contributed by atoms with Gasteiger partial charge in [0.25, 0.3) is 26.0 Å². The molecule has 0 atom stereocenters. The molecule has 1 amide bonds. The lowest BCUT2D eigenvalue weighted by Gasteiger charge is -2.20. The standard InChI is InChI=1S/C26H24N4O5S2/c1-19-6-14-24(15-7-19)37(34,35)30(2)22-12-8-20(9-13-22)26(31)28-21-10-16-23(17-11-21)36(32,33)29-25-5-3-4-18-27-25/h3-18H,1-2H3,(H,27,29)(H,28,31). The van der Waals surface area contributed by atoms with Crippen LogP contribution in [0.15, 0.2) is 107 Å². The van der Waals surface area contributed by atoms with E-state index in [9.17, 15) is 21.6 Å². The third kappa shape index (κ3) is 5.96. The first kappa shape index (κ1) is 25.9. The topological polar surface area (TPSA) is 126 Å². The van der Waals surface area contributed by atoms with Crippen molar-refractivity contribution in [3.8, 4) is 0 Å². The predicted molar refractivity (Wildman–Crippen MR) is 143 cm³/mol. The van der Waals surface area contributed by atoms with E-state index in [0.717, 1.165) is 9.87 Å². The molecule has 0 bridgehead atoms. The molecule has 9 nitrogen and oxygen atoms in total. The van der Waals surface area contributed by atoms with Gasteiger partial charge in [-0.25, -0.2) is 21.8 Å². The van der Waals surface area contributed by atoms with Crippen molar-refractivity contribution in [2.45, 2.75) is 16.7 Å². The van der Waals surface area contributed by atoms with E-state index in [0.29, 0.717) is 16.9 Å². The molecule has 11 heteroatoms. The summed E-state index contributed by atoms with van der Waals surface area (Å²) in [5, 5.41) is 2.70. The maximum Gasteiger partial charge on any atom is 0.264 e. The lowest BCUT2D eigenvalue weighted by Crippen LogP contribution is -2.26. The molecule has 0 fully saturated rings. The number of carbonyl (C=O) groups excluding carboxylic acids is 1. The highest BCUT2D eigenvalue weighted by Crippen LogP contribution is 2.23. The maximum atomic E-state index is 12.9. The minimum absolute atomic E-state index is 0.0123. The fourth-order valence-electron chi connectivity index (χ4n) is 3.37. The van der Waals surface area contributed by atoms with Gasteiger partial charge in [0.1, 0.15) is 5.82 Å².